The molecule has 0 aliphatic heterocycles. The first-order valence-electron chi connectivity index (χ1n) is 7.23. The molecule has 0 amide bonds. The summed E-state index contributed by atoms with van der Waals surface area (Å²) in [6.45, 7) is 2.22. The maximum absolute atomic E-state index is 13.7. The quantitative estimate of drug-likeness (QED) is 0.667. The summed E-state index contributed by atoms with van der Waals surface area (Å²) in [7, 11) is 3.42. The van der Waals surface area contributed by atoms with E-state index in [-0.39, 0.29) is 11.9 Å². The van der Waals surface area contributed by atoms with Gasteiger partial charge < -0.3 is 10.1 Å². The Morgan fingerprint density at radius 3 is 2.53 bits per heavy atom. The average Bonchev–Trinajstić information content (AvgIpc) is 2.43. The Labute approximate surface area is 116 Å². The van der Waals surface area contributed by atoms with Crippen molar-refractivity contribution in [3.8, 4) is 5.75 Å². The molecule has 0 fully saturated rings. The summed E-state index contributed by atoms with van der Waals surface area (Å²) in [5.41, 5.74) is 0.997. The van der Waals surface area contributed by atoms with Crippen LogP contribution < -0.4 is 10.1 Å². The molecule has 1 unspecified atom stereocenters. The van der Waals surface area contributed by atoms with Crippen LogP contribution in [0.3, 0.4) is 0 Å². The van der Waals surface area contributed by atoms with E-state index in [0.717, 1.165) is 12.0 Å². The molecule has 0 aliphatic rings. The Morgan fingerprint density at radius 1 is 1.21 bits per heavy atom. The van der Waals surface area contributed by atoms with Crippen molar-refractivity contribution in [2.75, 3.05) is 14.2 Å². The van der Waals surface area contributed by atoms with Gasteiger partial charge in [0.25, 0.3) is 0 Å². The van der Waals surface area contributed by atoms with Crippen LogP contribution in [0.4, 0.5) is 4.39 Å². The first kappa shape index (κ1) is 16.0. The van der Waals surface area contributed by atoms with Crippen LogP contribution in [0.15, 0.2) is 18.2 Å². The number of halogens is 1. The van der Waals surface area contributed by atoms with Gasteiger partial charge in [-0.25, -0.2) is 4.39 Å². The predicted molar refractivity (Wildman–Crippen MR) is 78.1 cm³/mol. The van der Waals surface area contributed by atoms with Gasteiger partial charge in [-0.15, -0.1) is 0 Å². The van der Waals surface area contributed by atoms with Crippen LogP contribution in [-0.4, -0.2) is 14.2 Å². The number of nitrogens with one attached hydrogen (secondary N) is 1. The van der Waals surface area contributed by atoms with E-state index in [9.17, 15) is 4.39 Å². The van der Waals surface area contributed by atoms with E-state index in [1.165, 1.54) is 39.2 Å². The normalized spacial score (nSPS) is 12.4. The Hall–Kier alpha value is -1.09. The second kappa shape index (κ2) is 8.92. The first-order valence-corrected chi connectivity index (χ1v) is 7.23. The molecular formula is C16H26FNO. The lowest BCUT2D eigenvalue weighted by molar-refractivity contribution is 0.385. The summed E-state index contributed by atoms with van der Waals surface area (Å²) in [4.78, 5) is 0. The van der Waals surface area contributed by atoms with Gasteiger partial charge in [-0.05, 0) is 31.2 Å². The molecule has 19 heavy (non-hydrogen) atoms. The summed E-state index contributed by atoms with van der Waals surface area (Å²) < 4.78 is 18.6. The lowest BCUT2D eigenvalue weighted by atomic mass is 9.99. The predicted octanol–water partition coefficient (Wildman–Crippen LogP) is 4.46. The monoisotopic (exact) mass is 267 g/mol. The second-order valence-corrected chi connectivity index (χ2v) is 4.94. The fourth-order valence-corrected chi connectivity index (χ4v) is 2.33. The van der Waals surface area contributed by atoms with Gasteiger partial charge in [-0.1, -0.05) is 45.1 Å². The van der Waals surface area contributed by atoms with Gasteiger partial charge in [0.1, 0.15) is 0 Å². The van der Waals surface area contributed by atoms with Crippen LogP contribution in [-0.2, 0) is 0 Å². The van der Waals surface area contributed by atoms with Crippen LogP contribution >= 0.6 is 0 Å². The van der Waals surface area contributed by atoms with E-state index < -0.39 is 0 Å². The molecule has 0 saturated carbocycles. The number of hydrogen-bond acceptors (Lipinski definition) is 2. The standard InChI is InChI=1S/C16H26FNO/c1-4-5-6-7-8-9-15(18-2)13-10-11-16(19-3)14(17)12-13/h10-12,15,18H,4-9H2,1-3H3. The third-order valence-corrected chi connectivity index (χ3v) is 3.52. The minimum Gasteiger partial charge on any atom is -0.494 e. The topological polar surface area (TPSA) is 21.3 Å². The zero-order valence-corrected chi connectivity index (χ0v) is 12.3. The van der Waals surface area contributed by atoms with Crippen molar-refractivity contribution in [3.05, 3.63) is 29.6 Å². The molecule has 0 bridgehead atoms. The maximum atomic E-state index is 13.7. The Kier molecular flexibility index (Phi) is 7.49. The van der Waals surface area contributed by atoms with Crippen molar-refractivity contribution in [2.24, 2.45) is 0 Å². The van der Waals surface area contributed by atoms with Crippen molar-refractivity contribution in [1.82, 2.24) is 5.32 Å². The van der Waals surface area contributed by atoms with E-state index in [2.05, 4.69) is 12.2 Å². The molecule has 108 valence electrons. The first-order chi connectivity index (χ1) is 9.22. The SMILES string of the molecule is CCCCCCCC(NC)c1ccc(OC)c(F)c1. The van der Waals surface area contributed by atoms with Gasteiger partial charge >= 0.3 is 0 Å². The Morgan fingerprint density at radius 2 is 1.95 bits per heavy atom. The van der Waals surface area contributed by atoms with Crippen molar-refractivity contribution >= 4 is 0 Å². The Balaban J connectivity index is 2.52. The highest BCUT2D eigenvalue weighted by Gasteiger charge is 2.11. The molecule has 1 rings (SSSR count). The number of methoxy groups -OCH3 is 1. The third kappa shape index (κ3) is 5.19. The van der Waals surface area contributed by atoms with Crippen LogP contribution in [0.1, 0.15) is 57.1 Å². The summed E-state index contributed by atoms with van der Waals surface area (Å²) in [6.07, 6.45) is 7.35. The number of benzene rings is 1. The second-order valence-electron chi connectivity index (χ2n) is 4.94. The van der Waals surface area contributed by atoms with Crippen LogP contribution in [0.2, 0.25) is 0 Å². The lowest BCUT2D eigenvalue weighted by Gasteiger charge is -2.17. The van der Waals surface area contributed by atoms with E-state index in [1.54, 1.807) is 12.1 Å². The number of unbranched alkanes of at least 4 members (excludes halogenated alkanes) is 4. The van der Waals surface area contributed by atoms with Crippen molar-refractivity contribution < 1.29 is 9.13 Å². The van der Waals surface area contributed by atoms with E-state index in [0.29, 0.717) is 5.75 Å². The largest absolute Gasteiger partial charge is 0.494 e. The third-order valence-electron chi connectivity index (χ3n) is 3.52. The summed E-state index contributed by atoms with van der Waals surface area (Å²) in [6, 6.07) is 5.44. The van der Waals surface area contributed by atoms with Crippen molar-refractivity contribution in [1.29, 1.82) is 0 Å². The van der Waals surface area contributed by atoms with Crippen molar-refractivity contribution in [2.45, 2.75) is 51.5 Å². The number of rotatable bonds is 9. The molecule has 0 saturated heterocycles. The van der Waals surface area contributed by atoms with Crippen molar-refractivity contribution in [3.63, 3.8) is 0 Å². The van der Waals surface area contributed by atoms with E-state index in [4.69, 9.17) is 4.74 Å². The highest BCUT2D eigenvalue weighted by Crippen LogP contribution is 2.25. The lowest BCUT2D eigenvalue weighted by Crippen LogP contribution is -2.16. The molecular weight excluding hydrogens is 241 g/mol. The van der Waals surface area contributed by atoms with E-state index in [1.807, 2.05) is 13.1 Å². The van der Waals surface area contributed by atoms with Crippen LogP contribution in [0.25, 0.3) is 0 Å². The molecule has 2 nitrogen and oxygen atoms in total. The van der Waals surface area contributed by atoms with Gasteiger partial charge in [0.05, 0.1) is 7.11 Å². The zero-order valence-electron chi connectivity index (χ0n) is 12.3. The highest BCUT2D eigenvalue weighted by molar-refractivity contribution is 5.31. The molecule has 1 aromatic rings. The molecule has 0 aromatic heterocycles. The zero-order chi connectivity index (χ0) is 14.1. The van der Waals surface area contributed by atoms with Gasteiger partial charge in [0, 0.05) is 6.04 Å². The van der Waals surface area contributed by atoms with E-state index >= 15 is 0 Å². The molecule has 0 spiro atoms. The number of ether oxygens (including phenoxy) is 1. The fourth-order valence-electron chi connectivity index (χ4n) is 2.33. The molecule has 1 aromatic carbocycles. The van der Waals surface area contributed by atoms with Crippen LogP contribution in [0, 0.1) is 5.82 Å². The van der Waals surface area contributed by atoms with Gasteiger partial charge in [0.2, 0.25) is 0 Å². The van der Waals surface area contributed by atoms with Crippen LogP contribution in [0.5, 0.6) is 5.75 Å². The summed E-state index contributed by atoms with van der Waals surface area (Å²) in [5, 5.41) is 3.27. The van der Waals surface area contributed by atoms with Gasteiger partial charge in [0.15, 0.2) is 11.6 Å². The van der Waals surface area contributed by atoms with Gasteiger partial charge in [-0.3, -0.25) is 0 Å². The Bertz CT molecular complexity index is 368. The number of hydrogen-bond donors (Lipinski definition) is 1. The molecule has 0 heterocycles. The smallest absolute Gasteiger partial charge is 0.165 e. The molecule has 0 radical (unpaired) electrons. The molecule has 1 atom stereocenters. The highest BCUT2D eigenvalue weighted by atomic mass is 19.1. The minimum absolute atomic E-state index is 0.224. The molecule has 3 heteroatoms. The van der Waals surface area contributed by atoms with Gasteiger partial charge in [-0.2, -0.15) is 0 Å². The summed E-state index contributed by atoms with van der Waals surface area (Å²) in [5.74, 6) is 0.0211. The molecule has 1 N–H and O–H groups in total. The summed E-state index contributed by atoms with van der Waals surface area (Å²) >= 11 is 0. The maximum Gasteiger partial charge on any atom is 0.165 e. The molecule has 0 aliphatic carbocycles. The minimum atomic E-state index is -0.286. The average molecular weight is 267 g/mol. The fraction of sp³-hybridized carbons (Fsp3) is 0.625.